The van der Waals surface area contributed by atoms with Crippen molar-refractivity contribution in [1.29, 1.82) is 0 Å². The van der Waals surface area contributed by atoms with Gasteiger partial charge < -0.3 is 10.2 Å². The predicted molar refractivity (Wildman–Crippen MR) is 93.5 cm³/mol. The van der Waals surface area contributed by atoms with Crippen molar-refractivity contribution in [2.45, 2.75) is 47.1 Å². The molecule has 0 saturated carbocycles. The van der Waals surface area contributed by atoms with Gasteiger partial charge in [0.15, 0.2) is 0 Å². The first-order chi connectivity index (χ1) is 9.95. The number of hydrogen-bond donors (Lipinski definition) is 1. The van der Waals surface area contributed by atoms with Gasteiger partial charge in [-0.05, 0) is 36.9 Å². The standard InChI is InChI=1S/C19H34N2/c1-6-12-19(4,15-20-13-17(2)3)16-21(5)14-18-10-8-7-9-11-18/h7-11,17,20H,6,12-16H2,1-5H3. The van der Waals surface area contributed by atoms with Gasteiger partial charge >= 0.3 is 0 Å². The number of benzene rings is 1. The Morgan fingerprint density at radius 3 is 2.43 bits per heavy atom. The van der Waals surface area contributed by atoms with Crippen LogP contribution in [0, 0.1) is 11.3 Å². The van der Waals surface area contributed by atoms with Crippen molar-refractivity contribution in [2.24, 2.45) is 11.3 Å². The Labute approximate surface area is 131 Å². The van der Waals surface area contributed by atoms with E-state index >= 15 is 0 Å². The predicted octanol–water partition coefficient (Wildman–Crippen LogP) is 4.17. The third-order valence-corrected chi connectivity index (χ3v) is 3.90. The molecule has 21 heavy (non-hydrogen) atoms. The van der Waals surface area contributed by atoms with Crippen LogP contribution < -0.4 is 5.32 Å². The summed E-state index contributed by atoms with van der Waals surface area (Å²) in [6, 6.07) is 10.8. The van der Waals surface area contributed by atoms with Gasteiger partial charge in [0.25, 0.3) is 0 Å². The van der Waals surface area contributed by atoms with Crippen molar-refractivity contribution in [2.75, 3.05) is 26.7 Å². The average Bonchev–Trinajstić information content (AvgIpc) is 2.39. The molecule has 0 fully saturated rings. The van der Waals surface area contributed by atoms with Gasteiger partial charge in [-0.25, -0.2) is 0 Å². The van der Waals surface area contributed by atoms with E-state index in [1.54, 1.807) is 0 Å². The molecule has 0 aliphatic heterocycles. The molecule has 0 aliphatic rings. The summed E-state index contributed by atoms with van der Waals surface area (Å²) >= 11 is 0. The minimum Gasteiger partial charge on any atom is -0.316 e. The molecule has 2 heteroatoms. The molecule has 1 unspecified atom stereocenters. The molecule has 1 rings (SSSR count). The maximum Gasteiger partial charge on any atom is 0.0230 e. The summed E-state index contributed by atoms with van der Waals surface area (Å²) < 4.78 is 0. The summed E-state index contributed by atoms with van der Waals surface area (Å²) in [5, 5.41) is 3.65. The third kappa shape index (κ3) is 7.63. The van der Waals surface area contributed by atoms with Gasteiger partial charge in [0.1, 0.15) is 0 Å². The van der Waals surface area contributed by atoms with Gasteiger partial charge in [-0.15, -0.1) is 0 Å². The molecule has 0 aromatic heterocycles. The fourth-order valence-electron chi connectivity index (χ4n) is 3.09. The van der Waals surface area contributed by atoms with Gasteiger partial charge in [-0.3, -0.25) is 0 Å². The Kier molecular flexibility index (Phi) is 7.98. The van der Waals surface area contributed by atoms with Gasteiger partial charge in [0.05, 0.1) is 0 Å². The smallest absolute Gasteiger partial charge is 0.0230 e. The Balaban J connectivity index is 2.51. The molecular weight excluding hydrogens is 256 g/mol. The van der Waals surface area contributed by atoms with E-state index in [4.69, 9.17) is 0 Å². The summed E-state index contributed by atoms with van der Waals surface area (Å²) in [5.74, 6) is 0.720. The van der Waals surface area contributed by atoms with Gasteiger partial charge in [0.2, 0.25) is 0 Å². The average molecular weight is 290 g/mol. The largest absolute Gasteiger partial charge is 0.316 e. The molecule has 1 N–H and O–H groups in total. The lowest BCUT2D eigenvalue weighted by Gasteiger charge is -2.34. The number of nitrogens with one attached hydrogen (secondary N) is 1. The highest BCUT2D eigenvalue weighted by molar-refractivity contribution is 5.14. The van der Waals surface area contributed by atoms with Crippen LogP contribution in [0.15, 0.2) is 30.3 Å². The van der Waals surface area contributed by atoms with E-state index in [1.807, 2.05) is 0 Å². The van der Waals surface area contributed by atoms with E-state index < -0.39 is 0 Å². The van der Waals surface area contributed by atoms with E-state index in [2.05, 4.69) is 75.3 Å². The highest BCUT2D eigenvalue weighted by atomic mass is 15.1. The Morgan fingerprint density at radius 1 is 1.19 bits per heavy atom. The van der Waals surface area contributed by atoms with Crippen molar-refractivity contribution >= 4 is 0 Å². The Bertz CT molecular complexity index is 374. The second-order valence-corrected chi connectivity index (χ2v) is 7.24. The van der Waals surface area contributed by atoms with Crippen LogP contribution in [0.5, 0.6) is 0 Å². The summed E-state index contributed by atoms with van der Waals surface area (Å²) in [4.78, 5) is 2.46. The van der Waals surface area contributed by atoms with E-state index in [0.29, 0.717) is 5.41 Å². The van der Waals surface area contributed by atoms with Crippen LogP contribution in [-0.4, -0.2) is 31.6 Å². The molecule has 0 bridgehead atoms. The van der Waals surface area contributed by atoms with Crippen LogP contribution in [0.1, 0.15) is 46.1 Å². The summed E-state index contributed by atoms with van der Waals surface area (Å²) in [7, 11) is 2.24. The third-order valence-electron chi connectivity index (χ3n) is 3.90. The van der Waals surface area contributed by atoms with Crippen LogP contribution in [-0.2, 0) is 6.54 Å². The van der Waals surface area contributed by atoms with E-state index in [9.17, 15) is 0 Å². The van der Waals surface area contributed by atoms with E-state index in [1.165, 1.54) is 18.4 Å². The van der Waals surface area contributed by atoms with Crippen LogP contribution in [0.2, 0.25) is 0 Å². The summed E-state index contributed by atoms with van der Waals surface area (Å²) in [6.45, 7) is 13.6. The van der Waals surface area contributed by atoms with Crippen molar-refractivity contribution in [3.05, 3.63) is 35.9 Å². The fourth-order valence-corrected chi connectivity index (χ4v) is 3.09. The molecule has 0 spiro atoms. The monoisotopic (exact) mass is 290 g/mol. The first kappa shape index (κ1) is 18.2. The van der Waals surface area contributed by atoms with Crippen LogP contribution in [0.3, 0.4) is 0 Å². The van der Waals surface area contributed by atoms with Crippen LogP contribution in [0.4, 0.5) is 0 Å². The number of rotatable bonds is 10. The minimum absolute atomic E-state index is 0.354. The van der Waals surface area contributed by atoms with Crippen LogP contribution >= 0.6 is 0 Å². The van der Waals surface area contributed by atoms with Crippen molar-refractivity contribution in [3.8, 4) is 0 Å². The Hall–Kier alpha value is -0.860. The maximum absolute atomic E-state index is 3.65. The Morgan fingerprint density at radius 2 is 1.86 bits per heavy atom. The van der Waals surface area contributed by atoms with E-state index in [0.717, 1.165) is 32.1 Å². The van der Waals surface area contributed by atoms with Crippen molar-refractivity contribution in [3.63, 3.8) is 0 Å². The molecule has 0 heterocycles. The van der Waals surface area contributed by atoms with Gasteiger partial charge in [0, 0.05) is 19.6 Å². The molecule has 0 saturated heterocycles. The topological polar surface area (TPSA) is 15.3 Å². The molecule has 1 aromatic carbocycles. The zero-order valence-electron chi connectivity index (χ0n) is 14.7. The quantitative estimate of drug-likeness (QED) is 0.696. The summed E-state index contributed by atoms with van der Waals surface area (Å²) in [5.41, 5.74) is 1.75. The highest BCUT2D eigenvalue weighted by Crippen LogP contribution is 2.24. The number of nitrogens with zero attached hydrogens (tertiary/aromatic N) is 1. The van der Waals surface area contributed by atoms with Crippen molar-refractivity contribution < 1.29 is 0 Å². The lowest BCUT2D eigenvalue weighted by Crippen LogP contribution is -2.41. The van der Waals surface area contributed by atoms with Crippen molar-refractivity contribution in [1.82, 2.24) is 10.2 Å². The van der Waals surface area contributed by atoms with Gasteiger partial charge in [-0.1, -0.05) is 64.4 Å². The first-order valence-corrected chi connectivity index (χ1v) is 8.38. The molecule has 0 radical (unpaired) electrons. The zero-order chi connectivity index (χ0) is 15.7. The molecular formula is C19H34N2. The number of hydrogen-bond acceptors (Lipinski definition) is 2. The molecule has 0 amide bonds. The first-order valence-electron chi connectivity index (χ1n) is 8.38. The normalized spacial score (nSPS) is 14.6. The minimum atomic E-state index is 0.354. The molecule has 1 aromatic rings. The molecule has 1 atom stereocenters. The maximum atomic E-state index is 3.65. The second kappa shape index (κ2) is 9.22. The lowest BCUT2D eigenvalue weighted by atomic mass is 9.84. The molecule has 0 aliphatic carbocycles. The lowest BCUT2D eigenvalue weighted by molar-refractivity contribution is 0.167. The SMILES string of the molecule is CCCC(C)(CNCC(C)C)CN(C)Cc1ccccc1. The van der Waals surface area contributed by atoms with Gasteiger partial charge in [-0.2, -0.15) is 0 Å². The summed E-state index contributed by atoms with van der Waals surface area (Å²) in [6.07, 6.45) is 2.52. The van der Waals surface area contributed by atoms with E-state index in [-0.39, 0.29) is 0 Å². The fraction of sp³-hybridized carbons (Fsp3) is 0.684. The molecule has 2 nitrogen and oxygen atoms in total. The second-order valence-electron chi connectivity index (χ2n) is 7.24. The highest BCUT2D eigenvalue weighted by Gasteiger charge is 2.24. The zero-order valence-corrected chi connectivity index (χ0v) is 14.7. The molecule has 120 valence electrons. The van der Waals surface area contributed by atoms with Crippen LogP contribution in [0.25, 0.3) is 0 Å².